The molecule has 340 valence electrons. The summed E-state index contributed by atoms with van der Waals surface area (Å²) in [5.41, 5.74) is 23.3. The van der Waals surface area contributed by atoms with Crippen molar-refractivity contribution in [3.63, 3.8) is 0 Å². The van der Waals surface area contributed by atoms with Crippen molar-refractivity contribution < 1.29 is 0 Å². The van der Waals surface area contributed by atoms with Gasteiger partial charge in [0, 0.05) is 55.5 Å². The molecule has 4 aliphatic rings. The average molecular weight is 925 g/mol. The van der Waals surface area contributed by atoms with E-state index in [9.17, 15) is 0 Å². The molecule has 8 nitrogen and oxygen atoms in total. The van der Waals surface area contributed by atoms with Crippen LogP contribution in [0.3, 0.4) is 0 Å². The molecule has 4 aromatic carbocycles. The van der Waals surface area contributed by atoms with Gasteiger partial charge in [0.15, 0.2) is 0 Å². The average Bonchev–Trinajstić information content (AvgIpc) is 4.28. The number of aromatic amines is 3. The predicted octanol–water partition coefficient (Wildman–Crippen LogP) is 15.8. The highest BCUT2D eigenvalue weighted by atomic mass is 15.0. The summed E-state index contributed by atoms with van der Waals surface area (Å²) in [7, 11) is 0. The largest absolute Gasteiger partial charge is 0.355 e. The lowest BCUT2D eigenvalue weighted by atomic mass is 9.93. The minimum Gasteiger partial charge on any atom is -0.355 e. The highest BCUT2D eigenvalue weighted by Crippen LogP contribution is 2.47. The van der Waals surface area contributed by atoms with E-state index >= 15 is 0 Å². The number of rotatable bonds is 4. The van der Waals surface area contributed by atoms with Crippen molar-refractivity contribution in [1.82, 2.24) is 39.5 Å². The van der Waals surface area contributed by atoms with Crippen molar-refractivity contribution in [1.29, 1.82) is 0 Å². The molecule has 14 rings (SSSR count). The Morgan fingerprint density at radius 3 is 1.00 bits per heavy atom. The first-order chi connectivity index (χ1) is 35.6. The summed E-state index contributed by atoms with van der Waals surface area (Å²) in [6, 6.07) is 69.7. The number of fused-ring (bicyclic) bond motifs is 16. The van der Waals surface area contributed by atoms with Crippen LogP contribution in [0.5, 0.6) is 0 Å². The van der Waals surface area contributed by atoms with Crippen molar-refractivity contribution in [3.05, 3.63) is 246 Å². The molecule has 10 heterocycles. The van der Waals surface area contributed by atoms with E-state index in [2.05, 4.69) is 230 Å². The Morgan fingerprint density at radius 2 is 0.597 bits per heavy atom. The van der Waals surface area contributed by atoms with Gasteiger partial charge in [-0.15, -0.1) is 0 Å². The summed E-state index contributed by atoms with van der Waals surface area (Å²) >= 11 is 0. The minimum atomic E-state index is 0.889. The molecule has 6 aromatic heterocycles. The molecule has 0 aliphatic carbocycles. The van der Waals surface area contributed by atoms with Gasteiger partial charge in [-0.1, -0.05) is 109 Å². The fourth-order valence-electron chi connectivity index (χ4n) is 9.76. The Labute approximate surface area is 415 Å². The van der Waals surface area contributed by atoms with Crippen molar-refractivity contribution in [2.45, 2.75) is 0 Å². The van der Waals surface area contributed by atoms with Crippen LogP contribution in [0, 0.1) is 0 Å². The number of H-pyrrole nitrogens is 3. The van der Waals surface area contributed by atoms with Gasteiger partial charge in [0.25, 0.3) is 0 Å². The van der Waals surface area contributed by atoms with Crippen LogP contribution in [0.1, 0.15) is 45.6 Å². The number of hydrogen-bond donors (Lipinski definition) is 3. The fraction of sp³-hybridized carbons (Fsp3) is 0. The van der Waals surface area contributed by atoms with Crippen molar-refractivity contribution in [2.24, 2.45) is 0 Å². The monoisotopic (exact) mass is 924 g/mol. The molecule has 3 N–H and O–H groups in total. The molecule has 0 atom stereocenters. The lowest BCUT2D eigenvalue weighted by molar-refractivity contribution is 1.17. The van der Waals surface area contributed by atoms with E-state index < -0.39 is 0 Å². The first-order valence-corrected chi connectivity index (χ1v) is 24.0. The summed E-state index contributed by atoms with van der Waals surface area (Å²) in [4.78, 5) is 29.9. The quantitative estimate of drug-likeness (QED) is 0.164. The van der Waals surface area contributed by atoms with Gasteiger partial charge < -0.3 is 19.5 Å². The molecule has 72 heavy (non-hydrogen) atoms. The topological polar surface area (TPSA) is 104 Å². The molecule has 0 amide bonds. The summed E-state index contributed by atoms with van der Waals surface area (Å²) in [5, 5.41) is 0. The molecule has 8 heteroatoms. The molecule has 10 aromatic rings. The Bertz CT molecular complexity index is 4010. The summed E-state index contributed by atoms with van der Waals surface area (Å²) in [5.74, 6) is 0. The maximum Gasteiger partial charge on any atom is 0.0737 e. The third-order valence-corrected chi connectivity index (χ3v) is 12.9. The summed E-state index contributed by atoms with van der Waals surface area (Å²) < 4.78 is 2.41. The van der Waals surface area contributed by atoms with Crippen molar-refractivity contribution in [3.8, 4) is 39.1 Å². The highest BCUT2D eigenvalue weighted by Gasteiger charge is 2.25. The van der Waals surface area contributed by atoms with E-state index in [1.54, 1.807) is 0 Å². The first kappa shape index (κ1) is 42.2. The standard InChI is InChI=1S/C44H30N4.C20H14N4/c1-5-13-30(14-6-1)41-39-26-25-36(47-39)28-35-22-21-33(45-35)27-34-23-24-37(46-34)29-40-42(31-15-7-2-8-16-31)43(32-17-9-3-10-18-32)44(41)48(40)38-19-11-4-12-20-38;1-2-14-10-16-5-6-18(23-16)12-20-8-7-19(24-20)11-17-4-3-15(22-17)9-13(1)21-14/h1-29,45H;1-12,21,24H. The van der Waals surface area contributed by atoms with Crippen LogP contribution >= 0.6 is 0 Å². The Hall–Kier alpha value is -9.92. The zero-order valence-electron chi connectivity index (χ0n) is 38.9. The van der Waals surface area contributed by atoms with E-state index in [0.717, 1.165) is 129 Å². The molecular formula is C64H44N8. The number of aromatic nitrogens is 8. The van der Waals surface area contributed by atoms with Gasteiger partial charge in [-0.2, -0.15) is 0 Å². The van der Waals surface area contributed by atoms with Crippen molar-refractivity contribution >= 4 is 92.7 Å². The molecule has 0 saturated carbocycles. The SMILES string of the molecule is C1=Cc2cc3c(-c4ccccc4)c(-c4ccccc4)c(c(-c4ccccc4)c4nc(cc5ccc(cc1n2)[nH]5)C=C4)n3-c1ccccc1.C1=Cc2cc3ccc(cc4nc(cc5ccc(cc1n2)[nH]5)C=C4)[nH]3. The zero-order chi connectivity index (χ0) is 47.8. The summed E-state index contributed by atoms with van der Waals surface area (Å²) in [6.45, 7) is 0. The summed E-state index contributed by atoms with van der Waals surface area (Å²) in [6.07, 6.45) is 16.5. The zero-order valence-corrected chi connectivity index (χ0v) is 38.9. The second-order valence-electron chi connectivity index (χ2n) is 17.9. The molecular weight excluding hydrogens is 881 g/mol. The van der Waals surface area contributed by atoms with Gasteiger partial charge in [-0.05, 0) is 156 Å². The lowest BCUT2D eigenvalue weighted by Crippen LogP contribution is -1.97. The van der Waals surface area contributed by atoms with Crippen LogP contribution in [0.25, 0.3) is 132 Å². The van der Waals surface area contributed by atoms with E-state index in [1.165, 1.54) is 0 Å². The number of nitrogens with zero attached hydrogens (tertiary/aromatic N) is 5. The van der Waals surface area contributed by atoms with Crippen LogP contribution in [0.4, 0.5) is 0 Å². The van der Waals surface area contributed by atoms with Gasteiger partial charge >= 0.3 is 0 Å². The van der Waals surface area contributed by atoms with Crippen LogP contribution in [-0.2, 0) is 0 Å². The fourth-order valence-corrected chi connectivity index (χ4v) is 9.76. The predicted molar refractivity (Wildman–Crippen MR) is 299 cm³/mol. The van der Waals surface area contributed by atoms with Crippen LogP contribution in [0.2, 0.25) is 0 Å². The van der Waals surface area contributed by atoms with Crippen LogP contribution < -0.4 is 0 Å². The Morgan fingerprint density at radius 1 is 0.278 bits per heavy atom. The van der Waals surface area contributed by atoms with E-state index in [0.29, 0.717) is 0 Å². The van der Waals surface area contributed by atoms with Crippen LogP contribution in [0.15, 0.2) is 200 Å². The third-order valence-electron chi connectivity index (χ3n) is 12.9. The molecule has 16 bridgehead atoms. The molecule has 0 unspecified atom stereocenters. The highest BCUT2D eigenvalue weighted by molar-refractivity contribution is 6.10. The van der Waals surface area contributed by atoms with E-state index in [1.807, 2.05) is 48.6 Å². The number of nitrogens with one attached hydrogen (secondary N) is 3. The molecule has 0 spiro atoms. The van der Waals surface area contributed by atoms with Gasteiger partial charge in [-0.25, -0.2) is 19.9 Å². The Balaban J connectivity index is 0.000000175. The number of hydrogen-bond acceptors (Lipinski definition) is 4. The van der Waals surface area contributed by atoms with E-state index in [4.69, 9.17) is 9.97 Å². The van der Waals surface area contributed by atoms with Gasteiger partial charge in [0.1, 0.15) is 0 Å². The van der Waals surface area contributed by atoms with Gasteiger partial charge in [0.2, 0.25) is 0 Å². The number of benzene rings is 4. The Kier molecular flexibility index (Phi) is 10.7. The second-order valence-corrected chi connectivity index (χ2v) is 17.9. The lowest BCUT2D eigenvalue weighted by Gasteiger charge is -2.13. The third kappa shape index (κ3) is 8.50. The number of para-hydroxylation sites is 1. The first-order valence-electron chi connectivity index (χ1n) is 24.0. The normalized spacial score (nSPS) is 12.2. The molecule has 0 fully saturated rings. The maximum atomic E-state index is 5.29. The van der Waals surface area contributed by atoms with Crippen molar-refractivity contribution in [2.75, 3.05) is 0 Å². The molecule has 0 radical (unpaired) electrons. The van der Waals surface area contributed by atoms with Crippen LogP contribution in [-0.4, -0.2) is 39.5 Å². The second kappa shape index (κ2) is 18.2. The van der Waals surface area contributed by atoms with Gasteiger partial charge in [0.05, 0.1) is 56.6 Å². The van der Waals surface area contributed by atoms with E-state index in [-0.39, 0.29) is 0 Å². The minimum absolute atomic E-state index is 0.889. The molecule has 0 saturated heterocycles. The smallest absolute Gasteiger partial charge is 0.0737 e. The van der Waals surface area contributed by atoms with Gasteiger partial charge in [-0.3, -0.25) is 0 Å². The maximum absolute atomic E-state index is 5.29. The molecule has 4 aliphatic heterocycles.